The van der Waals surface area contributed by atoms with Crippen molar-refractivity contribution in [2.75, 3.05) is 6.54 Å². The van der Waals surface area contributed by atoms with Crippen LogP contribution in [-0.2, 0) is 6.42 Å². The molecule has 1 atom stereocenters. The number of hydrogen-bond donors (Lipinski definition) is 1. The van der Waals surface area contributed by atoms with Crippen LogP contribution < -0.4 is 5.32 Å². The molecule has 2 nitrogen and oxygen atoms in total. The van der Waals surface area contributed by atoms with Crippen LogP contribution in [0.4, 0.5) is 8.78 Å². The first-order valence-electron chi connectivity index (χ1n) is 5.73. The molecule has 0 aliphatic rings. The second-order valence-electron chi connectivity index (χ2n) is 4.02. The van der Waals surface area contributed by atoms with E-state index in [-0.39, 0.29) is 11.9 Å². The van der Waals surface area contributed by atoms with Crippen LogP contribution in [0.5, 0.6) is 0 Å². The Kier molecular flexibility index (Phi) is 4.38. The van der Waals surface area contributed by atoms with Gasteiger partial charge in [-0.1, -0.05) is 0 Å². The molecule has 0 aliphatic heterocycles. The summed E-state index contributed by atoms with van der Waals surface area (Å²) < 4.78 is 26.6. The minimum atomic E-state index is -0.417. The summed E-state index contributed by atoms with van der Waals surface area (Å²) in [6.45, 7) is 2.50. The molecule has 5 heteroatoms. The zero-order valence-electron chi connectivity index (χ0n) is 9.99. The lowest BCUT2D eigenvalue weighted by molar-refractivity contribution is 0.521. The summed E-state index contributed by atoms with van der Waals surface area (Å²) in [6.07, 6.45) is 2.55. The zero-order chi connectivity index (χ0) is 13.0. The molecular formula is C13H14F2N2S. The SMILES string of the molecule is CC(NCCc1nccs1)c1cc(F)ccc1F. The average Bonchev–Trinajstić information content (AvgIpc) is 2.85. The van der Waals surface area contributed by atoms with Gasteiger partial charge in [-0.15, -0.1) is 11.3 Å². The Labute approximate surface area is 109 Å². The average molecular weight is 268 g/mol. The molecule has 0 aliphatic carbocycles. The summed E-state index contributed by atoms with van der Waals surface area (Å²) in [7, 11) is 0. The lowest BCUT2D eigenvalue weighted by Gasteiger charge is -2.14. The normalized spacial score (nSPS) is 12.6. The Morgan fingerprint density at radius 3 is 2.94 bits per heavy atom. The Hall–Kier alpha value is -1.33. The van der Waals surface area contributed by atoms with Gasteiger partial charge in [0.25, 0.3) is 0 Å². The molecule has 0 spiro atoms. The van der Waals surface area contributed by atoms with Gasteiger partial charge in [0.15, 0.2) is 0 Å². The number of nitrogens with zero attached hydrogens (tertiary/aromatic N) is 1. The molecule has 1 unspecified atom stereocenters. The van der Waals surface area contributed by atoms with E-state index in [4.69, 9.17) is 0 Å². The van der Waals surface area contributed by atoms with Crippen molar-refractivity contribution >= 4 is 11.3 Å². The molecule has 0 fully saturated rings. The van der Waals surface area contributed by atoms with Crippen LogP contribution in [0.25, 0.3) is 0 Å². The molecule has 0 saturated heterocycles. The molecule has 96 valence electrons. The highest BCUT2D eigenvalue weighted by atomic mass is 32.1. The number of benzene rings is 1. The maximum absolute atomic E-state index is 13.5. The minimum Gasteiger partial charge on any atom is -0.310 e. The number of halogens is 2. The largest absolute Gasteiger partial charge is 0.310 e. The molecule has 2 aromatic rings. The number of rotatable bonds is 5. The molecule has 1 heterocycles. The highest BCUT2D eigenvalue weighted by Crippen LogP contribution is 2.18. The van der Waals surface area contributed by atoms with Crippen molar-refractivity contribution in [1.29, 1.82) is 0 Å². The minimum absolute atomic E-state index is 0.222. The third-order valence-electron chi connectivity index (χ3n) is 2.70. The highest BCUT2D eigenvalue weighted by Gasteiger charge is 2.11. The monoisotopic (exact) mass is 268 g/mol. The first-order chi connectivity index (χ1) is 8.66. The van der Waals surface area contributed by atoms with E-state index in [0.29, 0.717) is 12.1 Å². The molecule has 0 radical (unpaired) electrons. The van der Waals surface area contributed by atoms with Crippen LogP contribution in [0.15, 0.2) is 29.8 Å². The van der Waals surface area contributed by atoms with Crippen molar-refractivity contribution in [2.24, 2.45) is 0 Å². The van der Waals surface area contributed by atoms with Crippen molar-refractivity contribution in [3.05, 3.63) is 52.0 Å². The third-order valence-corrected chi connectivity index (χ3v) is 3.54. The first-order valence-corrected chi connectivity index (χ1v) is 6.61. The maximum Gasteiger partial charge on any atom is 0.128 e. The van der Waals surface area contributed by atoms with Crippen molar-refractivity contribution in [2.45, 2.75) is 19.4 Å². The lowest BCUT2D eigenvalue weighted by atomic mass is 10.1. The van der Waals surface area contributed by atoms with E-state index in [9.17, 15) is 8.78 Å². The van der Waals surface area contributed by atoms with Gasteiger partial charge < -0.3 is 5.32 Å². The molecule has 1 aromatic heterocycles. The summed E-state index contributed by atoms with van der Waals surface area (Å²) >= 11 is 1.59. The maximum atomic E-state index is 13.5. The van der Waals surface area contributed by atoms with E-state index in [1.165, 1.54) is 6.07 Å². The van der Waals surface area contributed by atoms with Gasteiger partial charge in [0.05, 0.1) is 5.01 Å². The topological polar surface area (TPSA) is 24.9 Å². The molecule has 1 aromatic carbocycles. The van der Waals surface area contributed by atoms with Gasteiger partial charge in [0, 0.05) is 36.1 Å². The smallest absolute Gasteiger partial charge is 0.128 e. The van der Waals surface area contributed by atoms with Crippen LogP contribution >= 0.6 is 11.3 Å². The first kappa shape index (κ1) is 13.1. The quantitative estimate of drug-likeness (QED) is 0.900. The second kappa shape index (κ2) is 6.02. The zero-order valence-corrected chi connectivity index (χ0v) is 10.8. The standard InChI is InChI=1S/C13H14F2N2S/c1-9(11-8-10(14)2-3-12(11)15)16-5-4-13-17-6-7-18-13/h2-3,6-9,16H,4-5H2,1H3. The summed E-state index contributed by atoms with van der Waals surface area (Å²) in [5.74, 6) is -0.800. The molecule has 18 heavy (non-hydrogen) atoms. The van der Waals surface area contributed by atoms with E-state index >= 15 is 0 Å². The summed E-state index contributed by atoms with van der Waals surface area (Å²) in [5.41, 5.74) is 0.356. The van der Waals surface area contributed by atoms with Crippen LogP contribution in [0.3, 0.4) is 0 Å². The van der Waals surface area contributed by atoms with E-state index in [2.05, 4.69) is 10.3 Å². The Morgan fingerprint density at radius 1 is 1.39 bits per heavy atom. The van der Waals surface area contributed by atoms with Gasteiger partial charge in [-0.2, -0.15) is 0 Å². The Balaban J connectivity index is 1.91. The van der Waals surface area contributed by atoms with Crippen LogP contribution in [0.1, 0.15) is 23.5 Å². The van der Waals surface area contributed by atoms with E-state index < -0.39 is 5.82 Å². The van der Waals surface area contributed by atoms with Crippen LogP contribution in [-0.4, -0.2) is 11.5 Å². The predicted molar refractivity (Wildman–Crippen MR) is 68.6 cm³/mol. The van der Waals surface area contributed by atoms with Crippen LogP contribution in [0.2, 0.25) is 0 Å². The predicted octanol–water partition coefficient (Wildman–Crippen LogP) is 3.31. The molecule has 0 amide bonds. The van der Waals surface area contributed by atoms with Gasteiger partial charge in [-0.25, -0.2) is 13.8 Å². The fourth-order valence-electron chi connectivity index (χ4n) is 1.73. The number of aromatic nitrogens is 1. The molecule has 1 N–H and O–H groups in total. The molecular weight excluding hydrogens is 254 g/mol. The van der Waals surface area contributed by atoms with Gasteiger partial charge >= 0.3 is 0 Å². The fourth-order valence-corrected chi connectivity index (χ4v) is 2.35. The molecule has 0 bridgehead atoms. The van der Waals surface area contributed by atoms with Gasteiger partial charge in [-0.05, 0) is 25.1 Å². The molecule has 2 rings (SSSR count). The molecule has 0 saturated carbocycles. The third kappa shape index (κ3) is 3.34. The highest BCUT2D eigenvalue weighted by molar-refractivity contribution is 7.09. The van der Waals surface area contributed by atoms with Gasteiger partial charge in [-0.3, -0.25) is 0 Å². The summed E-state index contributed by atoms with van der Waals surface area (Å²) in [5, 5.41) is 6.12. The Morgan fingerprint density at radius 2 is 2.22 bits per heavy atom. The lowest BCUT2D eigenvalue weighted by Crippen LogP contribution is -2.22. The van der Waals surface area contributed by atoms with E-state index in [1.54, 1.807) is 17.5 Å². The summed E-state index contributed by atoms with van der Waals surface area (Å²) in [6, 6.07) is 3.29. The van der Waals surface area contributed by atoms with Crippen molar-refractivity contribution < 1.29 is 8.78 Å². The fraction of sp³-hybridized carbons (Fsp3) is 0.308. The van der Waals surface area contributed by atoms with E-state index in [1.807, 2.05) is 12.3 Å². The van der Waals surface area contributed by atoms with Gasteiger partial charge in [0.1, 0.15) is 11.6 Å². The van der Waals surface area contributed by atoms with E-state index in [0.717, 1.165) is 23.6 Å². The Bertz CT molecular complexity index is 500. The van der Waals surface area contributed by atoms with Crippen molar-refractivity contribution in [3.63, 3.8) is 0 Å². The number of thiazole rings is 1. The van der Waals surface area contributed by atoms with Gasteiger partial charge in [0.2, 0.25) is 0 Å². The second-order valence-corrected chi connectivity index (χ2v) is 5.00. The van der Waals surface area contributed by atoms with Crippen molar-refractivity contribution in [1.82, 2.24) is 10.3 Å². The van der Waals surface area contributed by atoms with Crippen LogP contribution in [0, 0.1) is 11.6 Å². The summed E-state index contributed by atoms with van der Waals surface area (Å²) in [4.78, 5) is 4.16. The number of nitrogens with one attached hydrogen (secondary N) is 1. The van der Waals surface area contributed by atoms with Crippen molar-refractivity contribution in [3.8, 4) is 0 Å². The number of hydrogen-bond acceptors (Lipinski definition) is 3.